The van der Waals surface area contributed by atoms with E-state index in [1.54, 1.807) is 18.2 Å². The number of hydrogen-bond donors (Lipinski definition) is 1. The molecule has 0 saturated carbocycles. The molecule has 0 fully saturated rings. The lowest BCUT2D eigenvalue weighted by Gasteiger charge is -2.05. The first kappa shape index (κ1) is 13.2. The average molecular weight is 328 g/mol. The second-order valence-corrected chi connectivity index (χ2v) is 6.11. The molecule has 2 nitrogen and oxygen atoms in total. The molecule has 2 N–H and O–H groups in total. The van der Waals surface area contributed by atoms with E-state index in [1.165, 1.54) is 12.1 Å². The molecule has 0 aliphatic heterocycles. The molecule has 0 radical (unpaired) electrons. The number of nitrogen functional groups attached to an aromatic ring is 1. The van der Waals surface area contributed by atoms with Crippen LogP contribution in [0.4, 0.5) is 10.1 Å². The molecular weight excluding hydrogens is 317 g/mol. The summed E-state index contributed by atoms with van der Waals surface area (Å²) in [5.74, 6) is -0.0582. The van der Waals surface area contributed by atoms with Gasteiger partial charge in [-0.15, -0.1) is 0 Å². The lowest BCUT2D eigenvalue weighted by Crippen LogP contribution is -1.98. The zero-order valence-electron chi connectivity index (χ0n) is 9.40. The first-order valence-corrected chi connectivity index (χ1v) is 7.35. The average Bonchev–Trinajstić information content (AvgIpc) is 2.34. The summed E-state index contributed by atoms with van der Waals surface area (Å²) < 4.78 is 25.9. The van der Waals surface area contributed by atoms with Gasteiger partial charge in [-0.3, -0.25) is 4.21 Å². The summed E-state index contributed by atoms with van der Waals surface area (Å²) in [5.41, 5.74) is 7.21. The monoisotopic (exact) mass is 327 g/mol. The number of halogens is 2. The van der Waals surface area contributed by atoms with Crippen molar-refractivity contribution in [3.8, 4) is 0 Å². The lowest BCUT2D eigenvalue weighted by atomic mass is 10.2. The van der Waals surface area contributed by atoms with Gasteiger partial charge in [0.05, 0.1) is 16.6 Å². The highest BCUT2D eigenvalue weighted by molar-refractivity contribution is 9.10. The highest BCUT2D eigenvalue weighted by atomic mass is 79.9. The van der Waals surface area contributed by atoms with E-state index in [0.29, 0.717) is 16.3 Å². The largest absolute Gasteiger partial charge is 0.398 e. The molecule has 2 aromatic carbocycles. The Labute approximate surface area is 116 Å². The first-order chi connectivity index (χ1) is 8.56. The molecule has 0 saturated heterocycles. The van der Waals surface area contributed by atoms with Gasteiger partial charge in [-0.1, -0.05) is 12.1 Å². The van der Waals surface area contributed by atoms with Gasteiger partial charge in [-0.2, -0.15) is 0 Å². The van der Waals surface area contributed by atoms with Gasteiger partial charge in [0.1, 0.15) is 5.82 Å². The predicted octanol–water partition coefficient (Wildman–Crippen LogP) is 3.48. The zero-order valence-corrected chi connectivity index (χ0v) is 11.8. The van der Waals surface area contributed by atoms with Crippen molar-refractivity contribution in [3.63, 3.8) is 0 Å². The quantitative estimate of drug-likeness (QED) is 0.877. The molecule has 2 aromatic rings. The second-order valence-electron chi connectivity index (χ2n) is 3.80. The normalized spacial score (nSPS) is 12.3. The third kappa shape index (κ3) is 3.17. The Morgan fingerprint density at radius 3 is 2.67 bits per heavy atom. The molecule has 0 heterocycles. The summed E-state index contributed by atoms with van der Waals surface area (Å²) in [6.07, 6.45) is 0. The van der Waals surface area contributed by atoms with Crippen LogP contribution in [0.15, 0.2) is 51.8 Å². The Bertz CT molecular complexity index is 603. The van der Waals surface area contributed by atoms with Gasteiger partial charge in [0, 0.05) is 15.1 Å². The molecule has 2 rings (SSSR count). The van der Waals surface area contributed by atoms with Crippen molar-refractivity contribution < 1.29 is 8.60 Å². The van der Waals surface area contributed by atoms with Crippen LogP contribution in [0.3, 0.4) is 0 Å². The van der Waals surface area contributed by atoms with E-state index in [4.69, 9.17) is 5.73 Å². The van der Waals surface area contributed by atoms with Crippen LogP contribution in [0.25, 0.3) is 0 Å². The minimum atomic E-state index is -1.27. The second kappa shape index (κ2) is 5.63. The summed E-state index contributed by atoms with van der Waals surface area (Å²) >= 11 is 3.30. The number of anilines is 1. The zero-order chi connectivity index (χ0) is 13.1. The van der Waals surface area contributed by atoms with Crippen LogP contribution < -0.4 is 5.73 Å². The minimum absolute atomic E-state index is 0.320. The Morgan fingerprint density at radius 2 is 2.00 bits per heavy atom. The fourth-order valence-corrected chi connectivity index (χ4v) is 2.90. The third-order valence-corrected chi connectivity index (χ3v) is 4.51. The standard InChI is InChI=1S/C13H11BrFNOS/c14-12-5-4-9(6-13(12)16)8-18(17)11-3-1-2-10(15)7-11/h1-7H,8,16H2. The van der Waals surface area contributed by atoms with Crippen molar-refractivity contribution in [2.45, 2.75) is 10.6 Å². The van der Waals surface area contributed by atoms with E-state index in [0.717, 1.165) is 10.0 Å². The van der Waals surface area contributed by atoms with Crippen LogP contribution in [0.1, 0.15) is 5.56 Å². The summed E-state index contributed by atoms with van der Waals surface area (Å²) in [6.45, 7) is 0. The Hall–Kier alpha value is -1.20. The van der Waals surface area contributed by atoms with Crippen LogP contribution in [-0.4, -0.2) is 4.21 Å². The Balaban J connectivity index is 2.18. The van der Waals surface area contributed by atoms with Crippen molar-refractivity contribution in [1.29, 1.82) is 0 Å². The maximum Gasteiger partial charge on any atom is 0.124 e. The molecule has 5 heteroatoms. The molecular formula is C13H11BrFNOS. The van der Waals surface area contributed by atoms with Crippen LogP contribution >= 0.6 is 15.9 Å². The highest BCUT2D eigenvalue weighted by Crippen LogP contribution is 2.22. The number of hydrogen-bond acceptors (Lipinski definition) is 2. The van der Waals surface area contributed by atoms with Crippen LogP contribution in [0.5, 0.6) is 0 Å². The maximum atomic E-state index is 13.0. The van der Waals surface area contributed by atoms with E-state index in [-0.39, 0.29) is 5.82 Å². The topological polar surface area (TPSA) is 43.1 Å². The van der Waals surface area contributed by atoms with Gasteiger partial charge in [0.2, 0.25) is 0 Å². The number of nitrogens with two attached hydrogens (primary N) is 1. The smallest absolute Gasteiger partial charge is 0.124 e. The number of benzene rings is 2. The molecule has 0 amide bonds. The van der Waals surface area contributed by atoms with E-state index < -0.39 is 10.8 Å². The SMILES string of the molecule is Nc1cc(CS(=O)c2cccc(F)c2)ccc1Br. The first-order valence-electron chi connectivity index (χ1n) is 5.24. The fourth-order valence-electron chi connectivity index (χ4n) is 1.53. The maximum absolute atomic E-state index is 13.0. The summed E-state index contributed by atoms with van der Waals surface area (Å²) in [5, 5.41) is 0. The van der Waals surface area contributed by atoms with E-state index in [2.05, 4.69) is 15.9 Å². The van der Waals surface area contributed by atoms with Crippen LogP contribution in [-0.2, 0) is 16.6 Å². The third-order valence-electron chi connectivity index (χ3n) is 2.42. The van der Waals surface area contributed by atoms with E-state index in [1.807, 2.05) is 12.1 Å². The van der Waals surface area contributed by atoms with Crippen LogP contribution in [0, 0.1) is 5.82 Å². The lowest BCUT2D eigenvalue weighted by molar-refractivity contribution is 0.622. The molecule has 1 atom stereocenters. The van der Waals surface area contributed by atoms with Gasteiger partial charge in [0.25, 0.3) is 0 Å². The highest BCUT2D eigenvalue weighted by Gasteiger charge is 2.07. The summed E-state index contributed by atoms with van der Waals surface area (Å²) in [6, 6.07) is 11.3. The van der Waals surface area contributed by atoms with Crippen molar-refractivity contribution in [2.75, 3.05) is 5.73 Å². The molecule has 1 unspecified atom stereocenters. The van der Waals surface area contributed by atoms with Gasteiger partial charge in [-0.25, -0.2) is 4.39 Å². The van der Waals surface area contributed by atoms with Gasteiger partial charge < -0.3 is 5.73 Å². The van der Waals surface area contributed by atoms with E-state index in [9.17, 15) is 8.60 Å². The van der Waals surface area contributed by atoms with Crippen LogP contribution in [0.2, 0.25) is 0 Å². The molecule has 0 spiro atoms. The molecule has 0 aliphatic rings. The molecule has 94 valence electrons. The predicted molar refractivity (Wildman–Crippen MR) is 75.1 cm³/mol. The van der Waals surface area contributed by atoms with Gasteiger partial charge >= 0.3 is 0 Å². The van der Waals surface area contributed by atoms with Crippen molar-refractivity contribution in [3.05, 3.63) is 58.3 Å². The van der Waals surface area contributed by atoms with E-state index >= 15 is 0 Å². The molecule has 0 aromatic heterocycles. The minimum Gasteiger partial charge on any atom is -0.398 e. The number of rotatable bonds is 3. The van der Waals surface area contributed by atoms with Gasteiger partial charge in [0.15, 0.2) is 0 Å². The molecule has 0 bridgehead atoms. The van der Waals surface area contributed by atoms with Gasteiger partial charge in [-0.05, 0) is 51.8 Å². The fraction of sp³-hybridized carbons (Fsp3) is 0.0769. The summed E-state index contributed by atoms with van der Waals surface area (Å²) in [4.78, 5) is 0.483. The Morgan fingerprint density at radius 1 is 1.22 bits per heavy atom. The Kier molecular flexibility index (Phi) is 4.14. The van der Waals surface area contributed by atoms with Crippen molar-refractivity contribution >= 4 is 32.4 Å². The molecule has 18 heavy (non-hydrogen) atoms. The summed E-state index contributed by atoms with van der Waals surface area (Å²) in [7, 11) is -1.27. The van der Waals surface area contributed by atoms with Crippen molar-refractivity contribution in [1.82, 2.24) is 0 Å². The van der Waals surface area contributed by atoms with Crippen molar-refractivity contribution in [2.24, 2.45) is 0 Å². The molecule has 0 aliphatic carbocycles.